The van der Waals surface area contributed by atoms with Gasteiger partial charge in [0, 0.05) is 11.7 Å². The zero-order valence-corrected chi connectivity index (χ0v) is 11.6. The standard InChI is InChI=1S/C15H19F4N/c1-9-3-4-10(2)14(7-9)20-11-5-6-13(16)12(8-11)15(17,18)19/h5-6,8-10,14,20H,3-4,7H2,1-2H3. The zero-order chi connectivity index (χ0) is 14.9. The summed E-state index contributed by atoms with van der Waals surface area (Å²) >= 11 is 0. The fourth-order valence-electron chi connectivity index (χ4n) is 2.78. The molecule has 1 N–H and O–H groups in total. The van der Waals surface area contributed by atoms with E-state index in [1.54, 1.807) is 0 Å². The van der Waals surface area contributed by atoms with Gasteiger partial charge < -0.3 is 5.32 Å². The summed E-state index contributed by atoms with van der Waals surface area (Å²) in [6.07, 6.45) is -1.52. The van der Waals surface area contributed by atoms with Crippen molar-refractivity contribution in [2.45, 2.75) is 45.3 Å². The number of benzene rings is 1. The number of anilines is 1. The van der Waals surface area contributed by atoms with Crippen LogP contribution in [0, 0.1) is 17.7 Å². The van der Waals surface area contributed by atoms with Gasteiger partial charge in [-0.25, -0.2) is 4.39 Å². The first kappa shape index (κ1) is 15.1. The van der Waals surface area contributed by atoms with Crippen molar-refractivity contribution in [1.82, 2.24) is 0 Å². The molecule has 2 rings (SSSR count). The SMILES string of the molecule is CC1CCC(C)C(Nc2ccc(F)c(C(F)(F)F)c2)C1. The normalized spacial score (nSPS) is 27.4. The van der Waals surface area contributed by atoms with Crippen LogP contribution in [0.3, 0.4) is 0 Å². The largest absolute Gasteiger partial charge is 0.419 e. The van der Waals surface area contributed by atoms with E-state index < -0.39 is 17.6 Å². The van der Waals surface area contributed by atoms with Gasteiger partial charge >= 0.3 is 6.18 Å². The molecule has 1 fully saturated rings. The smallest absolute Gasteiger partial charge is 0.382 e. The predicted octanol–water partition coefficient (Wildman–Crippen LogP) is 5.08. The van der Waals surface area contributed by atoms with Crippen LogP contribution in [0.4, 0.5) is 23.2 Å². The van der Waals surface area contributed by atoms with Crippen molar-refractivity contribution in [1.29, 1.82) is 0 Å². The van der Waals surface area contributed by atoms with E-state index in [0.29, 0.717) is 17.5 Å². The predicted molar refractivity (Wildman–Crippen MR) is 71.0 cm³/mol. The Labute approximate surface area is 116 Å². The molecule has 1 aromatic carbocycles. The summed E-state index contributed by atoms with van der Waals surface area (Å²) in [4.78, 5) is 0. The molecule has 3 atom stereocenters. The lowest BCUT2D eigenvalue weighted by Gasteiger charge is -2.34. The van der Waals surface area contributed by atoms with Gasteiger partial charge in [-0.3, -0.25) is 0 Å². The minimum atomic E-state index is -4.66. The fraction of sp³-hybridized carbons (Fsp3) is 0.600. The second kappa shape index (κ2) is 5.62. The Balaban J connectivity index is 2.17. The molecular weight excluding hydrogens is 270 g/mol. The molecule has 0 saturated heterocycles. The molecule has 1 aromatic rings. The number of alkyl halides is 3. The number of halogens is 4. The molecule has 0 aromatic heterocycles. The fourth-order valence-corrected chi connectivity index (χ4v) is 2.78. The maximum absolute atomic E-state index is 13.2. The van der Waals surface area contributed by atoms with Crippen molar-refractivity contribution in [2.24, 2.45) is 11.8 Å². The Morgan fingerprint density at radius 2 is 1.85 bits per heavy atom. The van der Waals surface area contributed by atoms with Crippen LogP contribution in [-0.2, 0) is 6.18 Å². The maximum Gasteiger partial charge on any atom is 0.419 e. The third kappa shape index (κ3) is 3.44. The van der Waals surface area contributed by atoms with Crippen molar-refractivity contribution < 1.29 is 17.6 Å². The molecule has 3 unspecified atom stereocenters. The molecule has 1 aliphatic rings. The van der Waals surface area contributed by atoms with E-state index in [2.05, 4.69) is 19.2 Å². The molecule has 0 radical (unpaired) electrons. The summed E-state index contributed by atoms with van der Waals surface area (Å²) in [6.45, 7) is 4.24. The number of hydrogen-bond donors (Lipinski definition) is 1. The number of hydrogen-bond acceptors (Lipinski definition) is 1. The molecule has 0 spiro atoms. The molecule has 1 saturated carbocycles. The third-order valence-corrected chi connectivity index (χ3v) is 4.08. The van der Waals surface area contributed by atoms with Crippen molar-refractivity contribution in [2.75, 3.05) is 5.32 Å². The number of rotatable bonds is 2. The molecule has 0 bridgehead atoms. The highest BCUT2D eigenvalue weighted by Crippen LogP contribution is 2.35. The third-order valence-electron chi connectivity index (χ3n) is 4.08. The van der Waals surface area contributed by atoms with Crippen molar-refractivity contribution >= 4 is 5.69 Å². The monoisotopic (exact) mass is 289 g/mol. The molecule has 5 heteroatoms. The first-order valence-electron chi connectivity index (χ1n) is 6.90. The summed E-state index contributed by atoms with van der Waals surface area (Å²) in [5, 5.41) is 3.13. The molecular formula is C15H19F4N. The van der Waals surface area contributed by atoms with Gasteiger partial charge in [-0.1, -0.05) is 20.3 Å². The highest BCUT2D eigenvalue weighted by atomic mass is 19.4. The first-order valence-corrected chi connectivity index (χ1v) is 6.90. The quantitative estimate of drug-likeness (QED) is 0.748. The second-order valence-corrected chi connectivity index (χ2v) is 5.84. The Hall–Kier alpha value is -1.26. The van der Waals surface area contributed by atoms with Crippen LogP contribution in [-0.4, -0.2) is 6.04 Å². The van der Waals surface area contributed by atoms with Gasteiger partial charge in [0.2, 0.25) is 0 Å². The summed E-state index contributed by atoms with van der Waals surface area (Å²) in [7, 11) is 0. The van der Waals surface area contributed by atoms with E-state index in [-0.39, 0.29) is 6.04 Å². The average Bonchev–Trinajstić information content (AvgIpc) is 2.35. The molecule has 0 amide bonds. The van der Waals surface area contributed by atoms with E-state index in [1.165, 1.54) is 6.07 Å². The first-order chi connectivity index (χ1) is 9.27. The Bertz CT molecular complexity index is 469. The van der Waals surface area contributed by atoms with Gasteiger partial charge in [0.15, 0.2) is 0 Å². The van der Waals surface area contributed by atoms with Crippen LogP contribution < -0.4 is 5.32 Å². The van der Waals surface area contributed by atoms with Gasteiger partial charge in [-0.15, -0.1) is 0 Å². The Kier molecular flexibility index (Phi) is 4.25. The lowest BCUT2D eigenvalue weighted by atomic mass is 9.80. The molecule has 0 heterocycles. The molecule has 112 valence electrons. The Morgan fingerprint density at radius 1 is 1.15 bits per heavy atom. The van der Waals surface area contributed by atoms with Gasteiger partial charge in [-0.2, -0.15) is 13.2 Å². The topological polar surface area (TPSA) is 12.0 Å². The van der Waals surface area contributed by atoms with Gasteiger partial charge in [0.25, 0.3) is 0 Å². The van der Waals surface area contributed by atoms with E-state index in [0.717, 1.165) is 31.4 Å². The van der Waals surface area contributed by atoms with Crippen LogP contribution >= 0.6 is 0 Å². The summed E-state index contributed by atoms with van der Waals surface area (Å²) in [5.41, 5.74) is -0.872. The maximum atomic E-state index is 13.2. The summed E-state index contributed by atoms with van der Waals surface area (Å²) in [5.74, 6) is -0.259. The second-order valence-electron chi connectivity index (χ2n) is 5.84. The van der Waals surface area contributed by atoms with Crippen molar-refractivity contribution in [3.8, 4) is 0 Å². The van der Waals surface area contributed by atoms with E-state index in [1.807, 2.05) is 0 Å². The lowest BCUT2D eigenvalue weighted by molar-refractivity contribution is -0.139. The van der Waals surface area contributed by atoms with Gasteiger partial charge in [-0.05, 0) is 42.9 Å². The van der Waals surface area contributed by atoms with Crippen LogP contribution in [0.5, 0.6) is 0 Å². The van der Waals surface area contributed by atoms with Crippen molar-refractivity contribution in [3.63, 3.8) is 0 Å². The number of nitrogens with one attached hydrogen (secondary N) is 1. The Morgan fingerprint density at radius 3 is 2.50 bits per heavy atom. The highest BCUT2D eigenvalue weighted by Gasteiger charge is 2.34. The summed E-state index contributed by atoms with van der Waals surface area (Å²) < 4.78 is 51.3. The molecule has 1 nitrogen and oxygen atoms in total. The molecule has 20 heavy (non-hydrogen) atoms. The molecule has 1 aliphatic carbocycles. The lowest BCUT2D eigenvalue weighted by Crippen LogP contribution is -2.33. The minimum Gasteiger partial charge on any atom is -0.382 e. The van der Waals surface area contributed by atoms with E-state index >= 15 is 0 Å². The molecule has 0 aliphatic heterocycles. The van der Waals surface area contributed by atoms with E-state index in [4.69, 9.17) is 0 Å². The van der Waals surface area contributed by atoms with Crippen molar-refractivity contribution in [3.05, 3.63) is 29.6 Å². The van der Waals surface area contributed by atoms with Crippen LogP contribution in [0.25, 0.3) is 0 Å². The highest BCUT2D eigenvalue weighted by molar-refractivity contribution is 5.48. The van der Waals surface area contributed by atoms with Crippen LogP contribution in [0.1, 0.15) is 38.7 Å². The van der Waals surface area contributed by atoms with Crippen LogP contribution in [0.2, 0.25) is 0 Å². The van der Waals surface area contributed by atoms with Gasteiger partial charge in [0.05, 0.1) is 5.56 Å². The van der Waals surface area contributed by atoms with E-state index in [9.17, 15) is 17.6 Å². The van der Waals surface area contributed by atoms with Gasteiger partial charge in [0.1, 0.15) is 5.82 Å². The summed E-state index contributed by atoms with van der Waals surface area (Å²) in [6, 6.07) is 3.25. The van der Waals surface area contributed by atoms with Crippen LogP contribution in [0.15, 0.2) is 18.2 Å². The zero-order valence-electron chi connectivity index (χ0n) is 11.6. The average molecular weight is 289 g/mol. The minimum absolute atomic E-state index is 0.144.